The highest BCUT2D eigenvalue weighted by Crippen LogP contribution is 2.46. The number of aliphatic imine (C=N–C) groups is 1. The SMILES string of the molecule is CC(C)(C)OC(=O)CC[C@@]1(C(=O)O)N=C(c2ccc(OCCCO)cc2)O[C@@H]1c1ccccc1N=[N+]=[N-]. The summed E-state index contributed by atoms with van der Waals surface area (Å²) in [6, 6.07) is 13.2. The molecule has 0 amide bonds. The lowest BCUT2D eigenvalue weighted by Crippen LogP contribution is -2.41. The van der Waals surface area contributed by atoms with Gasteiger partial charge >= 0.3 is 11.9 Å². The third kappa shape index (κ3) is 6.78. The molecule has 2 aromatic rings. The fourth-order valence-electron chi connectivity index (χ4n) is 3.86. The van der Waals surface area contributed by atoms with Crippen LogP contribution in [-0.2, 0) is 19.1 Å². The van der Waals surface area contributed by atoms with Crippen LogP contribution >= 0.6 is 0 Å². The number of aliphatic hydroxyl groups is 1. The Balaban J connectivity index is 2.01. The number of rotatable bonds is 11. The summed E-state index contributed by atoms with van der Waals surface area (Å²) in [5.74, 6) is -1.23. The number of hydrogen-bond donors (Lipinski definition) is 2. The lowest BCUT2D eigenvalue weighted by atomic mass is 9.83. The Morgan fingerprint density at radius 1 is 1.19 bits per heavy atom. The van der Waals surface area contributed by atoms with Crippen molar-refractivity contribution in [2.45, 2.75) is 57.3 Å². The molecule has 37 heavy (non-hydrogen) atoms. The molecule has 0 radical (unpaired) electrons. The molecular formula is C26H30N4O7. The molecule has 0 unspecified atom stereocenters. The number of benzene rings is 2. The van der Waals surface area contributed by atoms with Gasteiger partial charge in [-0.15, -0.1) is 0 Å². The quantitative estimate of drug-likeness (QED) is 0.143. The van der Waals surface area contributed by atoms with Crippen LogP contribution in [0.4, 0.5) is 5.69 Å². The van der Waals surface area contributed by atoms with E-state index in [0.717, 1.165) is 0 Å². The van der Waals surface area contributed by atoms with E-state index in [2.05, 4.69) is 15.0 Å². The average Bonchev–Trinajstić information content (AvgIpc) is 3.24. The minimum atomic E-state index is -1.89. The second-order valence-corrected chi connectivity index (χ2v) is 9.43. The second-order valence-electron chi connectivity index (χ2n) is 9.43. The molecule has 1 aliphatic rings. The average molecular weight is 511 g/mol. The maximum absolute atomic E-state index is 12.8. The first-order valence-corrected chi connectivity index (χ1v) is 11.8. The van der Waals surface area contributed by atoms with Gasteiger partial charge < -0.3 is 24.4 Å². The zero-order valence-corrected chi connectivity index (χ0v) is 21.0. The van der Waals surface area contributed by atoms with E-state index in [0.29, 0.717) is 29.9 Å². The number of azide groups is 1. The van der Waals surface area contributed by atoms with Gasteiger partial charge in [0.2, 0.25) is 11.4 Å². The predicted molar refractivity (Wildman–Crippen MR) is 135 cm³/mol. The largest absolute Gasteiger partial charge is 0.494 e. The molecule has 2 aromatic carbocycles. The number of carboxylic acids is 1. The molecule has 11 nitrogen and oxygen atoms in total. The zero-order chi connectivity index (χ0) is 27.1. The topological polar surface area (TPSA) is 163 Å². The molecule has 1 aliphatic heterocycles. The van der Waals surface area contributed by atoms with E-state index in [-0.39, 0.29) is 31.0 Å². The molecule has 2 N–H and O–H groups in total. The molecular weight excluding hydrogens is 480 g/mol. The number of carbonyl (C=O) groups excluding carboxylic acids is 1. The van der Waals surface area contributed by atoms with Gasteiger partial charge in [-0.2, -0.15) is 0 Å². The van der Waals surface area contributed by atoms with Crippen molar-refractivity contribution in [2.24, 2.45) is 10.1 Å². The van der Waals surface area contributed by atoms with Crippen LogP contribution in [0.5, 0.6) is 5.75 Å². The minimum absolute atomic E-state index is 0.0159. The molecule has 0 aliphatic carbocycles. The maximum atomic E-state index is 12.8. The lowest BCUT2D eigenvalue weighted by molar-refractivity contribution is -0.156. The van der Waals surface area contributed by atoms with Crippen LogP contribution in [-0.4, -0.2) is 52.4 Å². The molecule has 0 aromatic heterocycles. The fraction of sp³-hybridized carbons (Fsp3) is 0.423. The number of aliphatic hydroxyl groups excluding tert-OH is 1. The zero-order valence-electron chi connectivity index (χ0n) is 21.0. The lowest BCUT2D eigenvalue weighted by Gasteiger charge is -2.29. The first-order valence-electron chi connectivity index (χ1n) is 11.8. The summed E-state index contributed by atoms with van der Waals surface area (Å²) < 4.78 is 17.1. The second kappa shape index (κ2) is 11.8. The Morgan fingerprint density at radius 2 is 1.89 bits per heavy atom. The summed E-state index contributed by atoms with van der Waals surface area (Å²) in [5, 5.41) is 23.0. The monoisotopic (exact) mass is 510 g/mol. The van der Waals surface area contributed by atoms with Gasteiger partial charge in [-0.25, -0.2) is 9.79 Å². The molecule has 11 heteroatoms. The van der Waals surface area contributed by atoms with Gasteiger partial charge in [0.1, 0.15) is 11.4 Å². The van der Waals surface area contributed by atoms with Crippen LogP contribution < -0.4 is 4.74 Å². The van der Waals surface area contributed by atoms with Crippen LogP contribution in [0, 0.1) is 0 Å². The van der Waals surface area contributed by atoms with E-state index in [1.54, 1.807) is 69.3 Å². The molecule has 1 heterocycles. The number of nitrogens with zero attached hydrogens (tertiary/aromatic N) is 4. The molecule has 0 fully saturated rings. The van der Waals surface area contributed by atoms with E-state index < -0.39 is 29.2 Å². The van der Waals surface area contributed by atoms with E-state index >= 15 is 0 Å². The number of esters is 1. The third-order valence-corrected chi connectivity index (χ3v) is 5.51. The Bertz CT molecular complexity index is 1200. The van der Waals surface area contributed by atoms with Crippen molar-refractivity contribution < 1.29 is 34.0 Å². The van der Waals surface area contributed by atoms with Crippen molar-refractivity contribution in [1.82, 2.24) is 0 Å². The molecule has 0 spiro atoms. The van der Waals surface area contributed by atoms with Crippen molar-refractivity contribution in [1.29, 1.82) is 0 Å². The van der Waals surface area contributed by atoms with Crippen molar-refractivity contribution in [3.63, 3.8) is 0 Å². The summed E-state index contributed by atoms with van der Waals surface area (Å²) in [6.07, 6.45) is -1.12. The molecule has 3 rings (SSSR count). The highest BCUT2D eigenvalue weighted by Gasteiger charge is 2.54. The highest BCUT2D eigenvalue weighted by atomic mass is 16.6. The van der Waals surface area contributed by atoms with Crippen LogP contribution in [0.1, 0.15) is 57.3 Å². The molecule has 0 bridgehead atoms. The summed E-state index contributed by atoms with van der Waals surface area (Å²) in [7, 11) is 0. The number of carboxylic acid groups (broad SMARTS) is 1. The van der Waals surface area contributed by atoms with Crippen LogP contribution in [0.2, 0.25) is 0 Å². The number of aliphatic carboxylic acids is 1. The Hall–Kier alpha value is -4.08. The van der Waals surface area contributed by atoms with E-state index in [1.165, 1.54) is 0 Å². The summed E-state index contributed by atoms with van der Waals surface area (Å²) in [5.41, 5.74) is 7.44. The van der Waals surface area contributed by atoms with Gasteiger partial charge in [0.15, 0.2) is 6.10 Å². The van der Waals surface area contributed by atoms with E-state index in [4.69, 9.17) is 24.8 Å². The standard InChI is InChI=1S/C26H30N4O7/c1-25(2,3)37-21(32)13-14-26(24(33)34)22(19-7-4-5-8-20(19)29-30-27)36-23(28-26)17-9-11-18(12-10-17)35-16-6-15-31/h4-5,7-12,22,31H,6,13-16H2,1-3H3,(H,33,34)/t22-,26-/m1/s1. The molecule has 196 valence electrons. The summed E-state index contributed by atoms with van der Waals surface area (Å²) >= 11 is 0. The smallest absolute Gasteiger partial charge is 0.336 e. The van der Waals surface area contributed by atoms with Crippen molar-refractivity contribution >= 4 is 23.5 Å². The maximum Gasteiger partial charge on any atom is 0.336 e. The van der Waals surface area contributed by atoms with Gasteiger partial charge in [0, 0.05) is 41.2 Å². The molecule has 0 saturated heterocycles. The fourth-order valence-corrected chi connectivity index (χ4v) is 3.86. The van der Waals surface area contributed by atoms with E-state index in [9.17, 15) is 14.7 Å². The molecule has 0 saturated carbocycles. The van der Waals surface area contributed by atoms with Crippen molar-refractivity contribution in [3.05, 3.63) is 70.1 Å². The van der Waals surface area contributed by atoms with Crippen molar-refractivity contribution in [3.8, 4) is 5.75 Å². The van der Waals surface area contributed by atoms with E-state index in [1.807, 2.05) is 0 Å². The minimum Gasteiger partial charge on any atom is -0.494 e. The number of hydrogen-bond acceptors (Lipinski definition) is 8. The Morgan fingerprint density at radius 3 is 2.51 bits per heavy atom. The van der Waals surface area contributed by atoms with Gasteiger partial charge in [-0.1, -0.05) is 29.4 Å². The summed E-state index contributed by atoms with van der Waals surface area (Å²) in [4.78, 5) is 32.6. The van der Waals surface area contributed by atoms with Gasteiger partial charge in [-0.3, -0.25) is 4.79 Å². The highest BCUT2D eigenvalue weighted by molar-refractivity contribution is 5.99. The first-order chi connectivity index (χ1) is 17.6. The van der Waals surface area contributed by atoms with Gasteiger partial charge in [0.05, 0.1) is 6.61 Å². The van der Waals surface area contributed by atoms with Crippen LogP contribution in [0.3, 0.4) is 0 Å². The predicted octanol–water partition coefficient (Wildman–Crippen LogP) is 4.85. The Labute approximate surface area is 214 Å². The number of carbonyl (C=O) groups is 2. The van der Waals surface area contributed by atoms with Crippen LogP contribution in [0.25, 0.3) is 10.4 Å². The first kappa shape index (κ1) is 27.5. The van der Waals surface area contributed by atoms with Crippen molar-refractivity contribution in [2.75, 3.05) is 13.2 Å². The van der Waals surface area contributed by atoms with Gasteiger partial charge in [-0.05, 0) is 57.0 Å². The third-order valence-electron chi connectivity index (χ3n) is 5.51. The van der Waals surface area contributed by atoms with Crippen LogP contribution in [0.15, 0.2) is 58.6 Å². The normalized spacial score (nSPS) is 18.8. The number of ether oxygens (including phenoxy) is 3. The van der Waals surface area contributed by atoms with Gasteiger partial charge in [0.25, 0.3) is 0 Å². The summed E-state index contributed by atoms with van der Waals surface area (Å²) in [6.45, 7) is 5.54. The Kier molecular flexibility index (Phi) is 8.75. The molecule has 2 atom stereocenters.